The van der Waals surface area contributed by atoms with Crippen LogP contribution in [0.3, 0.4) is 0 Å². The van der Waals surface area contributed by atoms with Gasteiger partial charge in [-0.2, -0.15) is 4.99 Å². The highest BCUT2D eigenvalue weighted by atomic mass is 32.1. The predicted octanol–water partition coefficient (Wildman–Crippen LogP) is 5.38. The molecule has 1 aromatic heterocycles. The van der Waals surface area contributed by atoms with E-state index in [1.807, 2.05) is 32.0 Å². The van der Waals surface area contributed by atoms with Crippen molar-refractivity contribution in [3.63, 3.8) is 0 Å². The van der Waals surface area contributed by atoms with Gasteiger partial charge in [-0.25, -0.2) is 4.39 Å². The maximum Gasteiger partial charge on any atom is 0.279 e. The average Bonchev–Trinajstić information content (AvgIpc) is 2.99. The zero-order valence-corrected chi connectivity index (χ0v) is 16.6. The second-order valence-corrected chi connectivity index (χ2v) is 7.51. The largest absolute Gasteiger partial charge is 0.316 e. The number of thiazole rings is 1. The molecule has 2 aromatic carbocycles. The number of amides is 1. The summed E-state index contributed by atoms with van der Waals surface area (Å²) in [6.07, 6.45) is 1.88. The topological polar surface area (TPSA) is 34.4 Å². The molecule has 1 heterocycles. The molecule has 3 aromatic rings. The number of hydrogen-bond donors (Lipinski definition) is 0. The van der Waals surface area contributed by atoms with Gasteiger partial charge in [0.25, 0.3) is 5.91 Å². The third-order valence-electron chi connectivity index (χ3n) is 4.35. The minimum absolute atomic E-state index is 0.240. The first-order valence-electron chi connectivity index (χ1n) is 9.17. The van der Waals surface area contributed by atoms with E-state index in [4.69, 9.17) is 0 Å². The Morgan fingerprint density at radius 2 is 1.89 bits per heavy atom. The second kappa shape index (κ2) is 8.44. The standard InChI is InChI=1S/C22H23FN2OS/c1-4-7-19-20(16-10-12-18(23)13-11-16)25(5-2)22(27-19)24-21(26)17-9-6-8-15(3)14-17/h6,8-14H,4-5,7H2,1-3H3. The Bertz CT molecular complexity index is 1020. The molecule has 0 N–H and O–H groups in total. The second-order valence-electron chi connectivity index (χ2n) is 6.44. The van der Waals surface area contributed by atoms with Gasteiger partial charge in [-0.05, 0) is 62.2 Å². The van der Waals surface area contributed by atoms with E-state index in [0.717, 1.165) is 29.7 Å². The zero-order valence-electron chi connectivity index (χ0n) is 15.8. The van der Waals surface area contributed by atoms with Gasteiger partial charge in [0.15, 0.2) is 4.80 Å². The number of nitrogens with zero attached hydrogens (tertiary/aromatic N) is 2. The van der Waals surface area contributed by atoms with E-state index in [1.165, 1.54) is 17.0 Å². The number of aryl methyl sites for hydroxylation is 2. The number of carbonyl (C=O) groups excluding carboxylic acids is 1. The summed E-state index contributed by atoms with van der Waals surface area (Å²) in [4.78, 5) is 18.9. The lowest BCUT2D eigenvalue weighted by atomic mass is 10.1. The molecule has 5 heteroatoms. The van der Waals surface area contributed by atoms with Gasteiger partial charge in [0.1, 0.15) is 5.82 Å². The first-order valence-corrected chi connectivity index (χ1v) is 9.99. The number of hydrogen-bond acceptors (Lipinski definition) is 2. The molecule has 3 rings (SSSR count). The molecule has 1 amide bonds. The monoisotopic (exact) mass is 382 g/mol. The molecule has 0 aliphatic rings. The van der Waals surface area contributed by atoms with Crippen LogP contribution in [0.1, 0.15) is 41.1 Å². The van der Waals surface area contributed by atoms with Crippen LogP contribution in [-0.2, 0) is 13.0 Å². The van der Waals surface area contributed by atoms with Crippen LogP contribution < -0.4 is 4.80 Å². The summed E-state index contributed by atoms with van der Waals surface area (Å²) in [5.74, 6) is -0.496. The van der Waals surface area contributed by atoms with Crippen LogP contribution in [0.2, 0.25) is 0 Å². The molecule has 0 aliphatic carbocycles. The molecule has 0 aliphatic heterocycles. The van der Waals surface area contributed by atoms with Gasteiger partial charge in [-0.3, -0.25) is 4.79 Å². The van der Waals surface area contributed by atoms with Gasteiger partial charge in [0.2, 0.25) is 0 Å². The van der Waals surface area contributed by atoms with Gasteiger partial charge in [0.05, 0.1) is 5.69 Å². The lowest BCUT2D eigenvalue weighted by Crippen LogP contribution is -2.17. The Morgan fingerprint density at radius 3 is 2.52 bits per heavy atom. The van der Waals surface area contributed by atoms with Crippen molar-refractivity contribution in [2.75, 3.05) is 0 Å². The number of benzene rings is 2. The van der Waals surface area contributed by atoms with Gasteiger partial charge < -0.3 is 4.57 Å². The minimum atomic E-state index is -0.256. The number of halogens is 1. The van der Waals surface area contributed by atoms with E-state index in [9.17, 15) is 9.18 Å². The Labute approximate surface area is 162 Å². The number of carbonyl (C=O) groups is 1. The van der Waals surface area contributed by atoms with Crippen molar-refractivity contribution in [3.8, 4) is 11.3 Å². The Hall–Kier alpha value is -2.53. The van der Waals surface area contributed by atoms with E-state index in [2.05, 4.69) is 16.5 Å². The van der Waals surface area contributed by atoms with Gasteiger partial charge >= 0.3 is 0 Å². The van der Waals surface area contributed by atoms with Crippen LogP contribution in [0.25, 0.3) is 11.3 Å². The number of rotatable bonds is 5. The quantitative estimate of drug-likeness (QED) is 0.583. The summed E-state index contributed by atoms with van der Waals surface area (Å²) in [5, 5.41) is 0. The molecule has 0 saturated heterocycles. The van der Waals surface area contributed by atoms with E-state index in [0.29, 0.717) is 16.9 Å². The Balaban J connectivity index is 2.14. The zero-order chi connectivity index (χ0) is 19.4. The predicted molar refractivity (Wildman–Crippen MR) is 108 cm³/mol. The Kier molecular flexibility index (Phi) is 6.01. The van der Waals surface area contributed by atoms with Crippen molar-refractivity contribution in [1.82, 2.24) is 4.57 Å². The van der Waals surface area contributed by atoms with E-state index in [-0.39, 0.29) is 11.7 Å². The third-order valence-corrected chi connectivity index (χ3v) is 5.49. The van der Waals surface area contributed by atoms with Crippen LogP contribution in [0.5, 0.6) is 0 Å². The molecule has 0 atom stereocenters. The molecule has 0 bridgehead atoms. The normalized spacial score (nSPS) is 11.8. The summed E-state index contributed by atoms with van der Waals surface area (Å²) >= 11 is 1.54. The molecular formula is C22H23FN2OS. The molecular weight excluding hydrogens is 359 g/mol. The molecule has 0 radical (unpaired) electrons. The fourth-order valence-electron chi connectivity index (χ4n) is 3.09. The van der Waals surface area contributed by atoms with Gasteiger partial charge in [0, 0.05) is 17.0 Å². The highest BCUT2D eigenvalue weighted by molar-refractivity contribution is 7.09. The summed E-state index contributed by atoms with van der Waals surface area (Å²) in [5.41, 5.74) is 3.60. The van der Waals surface area contributed by atoms with E-state index < -0.39 is 0 Å². The highest BCUT2D eigenvalue weighted by Gasteiger charge is 2.15. The summed E-state index contributed by atoms with van der Waals surface area (Å²) in [6.45, 7) is 6.80. The molecule has 0 unspecified atom stereocenters. The first-order chi connectivity index (χ1) is 13.0. The van der Waals surface area contributed by atoms with Crippen molar-refractivity contribution in [3.05, 3.63) is 75.2 Å². The lowest BCUT2D eigenvalue weighted by molar-refractivity contribution is 0.0997. The summed E-state index contributed by atoms with van der Waals surface area (Å²) in [6, 6.07) is 14.0. The molecule has 140 valence electrons. The SMILES string of the molecule is CCCc1sc(=NC(=O)c2cccc(C)c2)n(CC)c1-c1ccc(F)cc1. The highest BCUT2D eigenvalue weighted by Crippen LogP contribution is 2.27. The molecule has 0 fully saturated rings. The average molecular weight is 383 g/mol. The third kappa shape index (κ3) is 4.25. The van der Waals surface area contributed by atoms with E-state index >= 15 is 0 Å². The lowest BCUT2D eigenvalue weighted by Gasteiger charge is -2.09. The van der Waals surface area contributed by atoms with Crippen molar-refractivity contribution in [2.45, 2.75) is 40.2 Å². The summed E-state index contributed by atoms with van der Waals surface area (Å²) < 4.78 is 15.4. The number of aromatic nitrogens is 1. The minimum Gasteiger partial charge on any atom is -0.316 e. The van der Waals surface area contributed by atoms with Crippen molar-refractivity contribution in [1.29, 1.82) is 0 Å². The van der Waals surface area contributed by atoms with Crippen molar-refractivity contribution >= 4 is 17.2 Å². The fraction of sp³-hybridized carbons (Fsp3) is 0.273. The molecule has 3 nitrogen and oxygen atoms in total. The van der Waals surface area contributed by atoms with Crippen molar-refractivity contribution in [2.24, 2.45) is 4.99 Å². The van der Waals surface area contributed by atoms with Crippen molar-refractivity contribution < 1.29 is 9.18 Å². The molecule has 0 spiro atoms. The van der Waals surface area contributed by atoms with Crippen LogP contribution >= 0.6 is 11.3 Å². The maximum atomic E-state index is 13.4. The first kappa shape index (κ1) is 19.2. The smallest absolute Gasteiger partial charge is 0.279 e. The summed E-state index contributed by atoms with van der Waals surface area (Å²) in [7, 11) is 0. The van der Waals surface area contributed by atoms with Crippen LogP contribution in [0, 0.1) is 12.7 Å². The van der Waals surface area contributed by atoms with Crippen LogP contribution in [0.4, 0.5) is 4.39 Å². The van der Waals surface area contributed by atoms with Crippen LogP contribution in [0.15, 0.2) is 53.5 Å². The maximum absolute atomic E-state index is 13.4. The van der Waals surface area contributed by atoms with Gasteiger partial charge in [-0.15, -0.1) is 11.3 Å². The van der Waals surface area contributed by atoms with Crippen LogP contribution in [-0.4, -0.2) is 10.5 Å². The molecule has 27 heavy (non-hydrogen) atoms. The van der Waals surface area contributed by atoms with E-state index in [1.54, 1.807) is 29.5 Å². The fourth-order valence-corrected chi connectivity index (χ4v) is 4.40. The molecule has 0 saturated carbocycles. The van der Waals surface area contributed by atoms with Gasteiger partial charge in [-0.1, -0.05) is 31.0 Å². The Morgan fingerprint density at radius 1 is 1.15 bits per heavy atom.